The van der Waals surface area contributed by atoms with Crippen LogP contribution in [0.2, 0.25) is 0 Å². The van der Waals surface area contributed by atoms with Gasteiger partial charge in [0.05, 0.1) is 0 Å². The van der Waals surface area contributed by atoms with E-state index in [4.69, 9.17) is 0 Å². The molecule has 0 saturated heterocycles. The van der Waals surface area contributed by atoms with Gasteiger partial charge in [-0.1, -0.05) is 166 Å². The SMILES string of the molecule is CC(C)(C)c1ccc(-c2ccccc2-c2ccccc2)c(C(=O)c2ccccc2-c2ccccc2-c2ccccc2)c1. The fourth-order valence-corrected chi connectivity index (χ4v) is 5.67. The number of hydrogen-bond acceptors (Lipinski definition) is 1. The van der Waals surface area contributed by atoms with Gasteiger partial charge in [0.2, 0.25) is 0 Å². The molecule has 0 fully saturated rings. The van der Waals surface area contributed by atoms with Gasteiger partial charge >= 0.3 is 0 Å². The molecule has 0 N–H and O–H groups in total. The average Bonchev–Trinajstić information content (AvgIpc) is 3.04. The van der Waals surface area contributed by atoms with Gasteiger partial charge in [0, 0.05) is 11.1 Å². The van der Waals surface area contributed by atoms with E-state index < -0.39 is 0 Å². The van der Waals surface area contributed by atoms with Crippen molar-refractivity contribution >= 4 is 5.78 Å². The molecule has 0 aromatic heterocycles. The summed E-state index contributed by atoms with van der Waals surface area (Å²) in [4.78, 5) is 14.8. The van der Waals surface area contributed by atoms with E-state index in [9.17, 15) is 4.79 Å². The fraction of sp³-hybridized carbons (Fsp3) is 0.0976. The highest BCUT2D eigenvalue weighted by molar-refractivity contribution is 6.17. The summed E-state index contributed by atoms with van der Waals surface area (Å²) in [5, 5.41) is 0. The van der Waals surface area contributed by atoms with E-state index in [2.05, 4.69) is 136 Å². The summed E-state index contributed by atoms with van der Waals surface area (Å²) in [5.74, 6) is 0.0254. The van der Waals surface area contributed by atoms with Gasteiger partial charge in [-0.3, -0.25) is 4.79 Å². The van der Waals surface area contributed by atoms with Gasteiger partial charge in [0.15, 0.2) is 5.78 Å². The van der Waals surface area contributed by atoms with E-state index in [1.807, 2.05) is 36.4 Å². The molecule has 6 rings (SSSR count). The molecular formula is C41H34O. The maximum atomic E-state index is 14.8. The molecule has 0 saturated carbocycles. The van der Waals surface area contributed by atoms with Crippen molar-refractivity contribution in [1.29, 1.82) is 0 Å². The second-order valence-electron chi connectivity index (χ2n) is 11.7. The molecule has 1 heteroatoms. The van der Waals surface area contributed by atoms with Crippen molar-refractivity contribution in [2.75, 3.05) is 0 Å². The molecule has 42 heavy (non-hydrogen) atoms. The van der Waals surface area contributed by atoms with Crippen molar-refractivity contribution in [3.8, 4) is 44.5 Å². The molecule has 0 aliphatic carbocycles. The highest BCUT2D eigenvalue weighted by Crippen LogP contribution is 2.39. The first-order valence-corrected chi connectivity index (χ1v) is 14.5. The zero-order chi connectivity index (χ0) is 29.1. The minimum Gasteiger partial charge on any atom is -0.289 e. The van der Waals surface area contributed by atoms with E-state index >= 15 is 0 Å². The number of rotatable bonds is 6. The lowest BCUT2D eigenvalue weighted by Gasteiger charge is -2.22. The summed E-state index contributed by atoms with van der Waals surface area (Å²) < 4.78 is 0. The van der Waals surface area contributed by atoms with Crippen LogP contribution >= 0.6 is 0 Å². The molecule has 0 unspecified atom stereocenters. The van der Waals surface area contributed by atoms with Crippen LogP contribution in [0.25, 0.3) is 44.5 Å². The molecule has 0 spiro atoms. The minimum atomic E-state index is -0.105. The monoisotopic (exact) mass is 542 g/mol. The Kier molecular flexibility index (Phi) is 7.42. The van der Waals surface area contributed by atoms with Gasteiger partial charge in [-0.25, -0.2) is 0 Å². The zero-order valence-corrected chi connectivity index (χ0v) is 24.3. The van der Waals surface area contributed by atoms with Gasteiger partial charge in [0.25, 0.3) is 0 Å². The predicted molar refractivity (Wildman–Crippen MR) is 177 cm³/mol. The standard InChI is InChI=1S/C41H34O/c1-41(2,3)31-26-27-37(35-23-13-11-21-33(35)30-18-8-5-9-19-30)39(28-31)40(42)38-25-15-14-24-36(38)34-22-12-10-20-32(34)29-16-6-4-7-17-29/h4-28H,1-3H3. The zero-order valence-electron chi connectivity index (χ0n) is 24.3. The molecule has 6 aromatic carbocycles. The first-order valence-electron chi connectivity index (χ1n) is 14.5. The average molecular weight is 543 g/mol. The lowest BCUT2D eigenvalue weighted by atomic mass is 9.81. The molecule has 0 radical (unpaired) electrons. The molecule has 1 nitrogen and oxygen atoms in total. The summed E-state index contributed by atoms with van der Waals surface area (Å²) in [7, 11) is 0. The molecule has 204 valence electrons. The van der Waals surface area contributed by atoms with Crippen LogP contribution in [0.5, 0.6) is 0 Å². The number of carbonyl (C=O) groups is 1. The molecule has 0 amide bonds. The maximum absolute atomic E-state index is 14.8. The topological polar surface area (TPSA) is 17.1 Å². The van der Waals surface area contributed by atoms with Crippen molar-refractivity contribution in [3.63, 3.8) is 0 Å². The Balaban J connectivity index is 1.56. The Bertz CT molecular complexity index is 1860. The van der Waals surface area contributed by atoms with Gasteiger partial charge in [-0.2, -0.15) is 0 Å². The molecule has 0 aliphatic rings. The highest BCUT2D eigenvalue weighted by Gasteiger charge is 2.24. The lowest BCUT2D eigenvalue weighted by Crippen LogP contribution is -2.14. The van der Waals surface area contributed by atoms with Crippen molar-refractivity contribution in [2.24, 2.45) is 0 Å². The Morgan fingerprint density at radius 3 is 1.31 bits per heavy atom. The van der Waals surface area contributed by atoms with Crippen LogP contribution in [-0.2, 0) is 5.41 Å². The van der Waals surface area contributed by atoms with E-state index in [0.29, 0.717) is 5.56 Å². The Morgan fingerprint density at radius 2 is 0.810 bits per heavy atom. The van der Waals surface area contributed by atoms with Crippen LogP contribution in [-0.4, -0.2) is 5.78 Å². The van der Waals surface area contributed by atoms with Crippen molar-refractivity contribution in [2.45, 2.75) is 26.2 Å². The predicted octanol–water partition coefficient (Wildman–Crippen LogP) is 10.9. The second kappa shape index (κ2) is 11.5. The molecule has 0 heterocycles. The van der Waals surface area contributed by atoms with Gasteiger partial charge < -0.3 is 0 Å². The number of ketones is 1. The number of benzene rings is 6. The third kappa shape index (κ3) is 5.34. The molecule has 6 aromatic rings. The summed E-state index contributed by atoms with van der Waals surface area (Å²) in [6, 6.07) is 51.9. The highest BCUT2D eigenvalue weighted by atomic mass is 16.1. The number of carbonyl (C=O) groups excluding carboxylic acids is 1. The van der Waals surface area contributed by atoms with Crippen LogP contribution in [0.4, 0.5) is 0 Å². The van der Waals surface area contributed by atoms with E-state index in [-0.39, 0.29) is 11.2 Å². The summed E-state index contributed by atoms with van der Waals surface area (Å²) in [5.41, 5.74) is 10.9. The summed E-state index contributed by atoms with van der Waals surface area (Å²) in [6.07, 6.45) is 0. The molecule has 0 bridgehead atoms. The largest absolute Gasteiger partial charge is 0.289 e. The maximum Gasteiger partial charge on any atom is 0.194 e. The summed E-state index contributed by atoms with van der Waals surface area (Å²) in [6.45, 7) is 6.58. The Hall–Kier alpha value is -5.01. The third-order valence-electron chi connectivity index (χ3n) is 7.91. The first kappa shape index (κ1) is 27.2. The molecule has 0 atom stereocenters. The molecular weight excluding hydrogens is 508 g/mol. The Labute approximate surface area is 249 Å². The van der Waals surface area contributed by atoms with E-state index in [1.54, 1.807) is 0 Å². The van der Waals surface area contributed by atoms with Crippen molar-refractivity contribution in [1.82, 2.24) is 0 Å². The quantitative estimate of drug-likeness (QED) is 0.191. The normalized spacial score (nSPS) is 11.3. The van der Waals surface area contributed by atoms with E-state index in [1.165, 1.54) is 0 Å². The van der Waals surface area contributed by atoms with Gasteiger partial charge in [-0.15, -0.1) is 0 Å². The van der Waals surface area contributed by atoms with Crippen LogP contribution in [0.1, 0.15) is 42.3 Å². The fourth-order valence-electron chi connectivity index (χ4n) is 5.67. The van der Waals surface area contributed by atoms with Gasteiger partial charge in [-0.05, 0) is 61.6 Å². The first-order chi connectivity index (χ1) is 20.4. The van der Waals surface area contributed by atoms with Crippen LogP contribution in [0.3, 0.4) is 0 Å². The molecule has 0 aliphatic heterocycles. The van der Waals surface area contributed by atoms with Gasteiger partial charge in [0.1, 0.15) is 0 Å². The summed E-state index contributed by atoms with van der Waals surface area (Å²) >= 11 is 0. The van der Waals surface area contributed by atoms with Crippen LogP contribution < -0.4 is 0 Å². The van der Waals surface area contributed by atoms with Crippen LogP contribution in [0.15, 0.2) is 152 Å². The second-order valence-corrected chi connectivity index (χ2v) is 11.7. The van der Waals surface area contributed by atoms with Crippen molar-refractivity contribution in [3.05, 3.63) is 168 Å². The van der Waals surface area contributed by atoms with Crippen LogP contribution in [0, 0.1) is 0 Å². The Morgan fingerprint density at radius 1 is 0.405 bits per heavy atom. The smallest absolute Gasteiger partial charge is 0.194 e. The lowest BCUT2D eigenvalue weighted by molar-refractivity contribution is 0.104. The van der Waals surface area contributed by atoms with E-state index in [0.717, 1.165) is 55.6 Å². The number of hydrogen-bond donors (Lipinski definition) is 0. The third-order valence-corrected chi connectivity index (χ3v) is 7.91. The van der Waals surface area contributed by atoms with Crippen molar-refractivity contribution < 1.29 is 4.79 Å². The minimum absolute atomic E-state index is 0.0254.